The summed E-state index contributed by atoms with van der Waals surface area (Å²) in [6, 6.07) is 8.46. The van der Waals surface area contributed by atoms with Crippen molar-refractivity contribution in [1.29, 1.82) is 0 Å². The first-order valence-electron chi connectivity index (χ1n) is 7.67. The van der Waals surface area contributed by atoms with E-state index < -0.39 is 0 Å². The molecule has 2 aromatic heterocycles. The predicted octanol–water partition coefficient (Wildman–Crippen LogP) is 2.36. The Hall–Kier alpha value is -2.30. The molecule has 1 saturated heterocycles. The number of rotatable bonds is 3. The molecule has 0 radical (unpaired) electrons. The lowest BCUT2D eigenvalue weighted by Crippen LogP contribution is -2.37. The third kappa shape index (κ3) is 3.13. The topological polar surface area (TPSA) is 55.5 Å². The van der Waals surface area contributed by atoms with E-state index in [-0.39, 0.29) is 11.5 Å². The maximum atomic E-state index is 12.4. The molecular weight excluding hydrogens is 280 g/mol. The maximum Gasteiger partial charge on any atom is 0.289 e. The molecule has 3 heterocycles. The van der Waals surface area contributed by atoms with Gasteiger partial charge >= 0.3 is 0 Å². The predicted molar refractivity (Wildman–Crippen MR) is 82.8 cm³/mol. The molecule has 0 aromatic carbocycles. The van der Waals surface area contributed by atoms with E-state index in [1.807, 2.05) is 4.90 Å². The normalized spacial score (nSPS) is 16.0. The van der Waals surface area contributed by atoms with Crippen LogP contribution >= 0.6 is 0 Å². The molecule has 2 aromatic rings. The van der Waals surface area contributed by atoms with Crippen LogP contribution in [0, 0.1) is 5.92 Å². The van der Waals surface area contributed by atoms with Gasteiger partial charge in [-0.25, -0.2) is 0 Å². The van der Waals surface area contributed by atoms with Crippen LogP contribution in [0.4, 0.5) is 0 Å². The van der Waals surface area contributed by atoms with E-state index >= 15 is 0 Å². The summed E-state index contributed by atoms with van der Waals surface area (Å²) in [6.45, 7) is 4.12. The van der Waals surface area contributed by atoms with Crippen LogP contribution in [0.2, 0.25) is 0 Å². The van der Waals surface area contributed by atoms with Crippen LogP contribution in [0.1, 0.15) is 36.1 Å². The highest BCUT2D eigenvalue weighted by atomic mass is 16.4. The zero-order chi connectivity index (χ0) is 15.5. The van der Waals surface area contributed by atoms with Gasteiger partial charge in [0.1, 0.15) is 5.76 Å². The van der Waals surface area contributed by atoms with E-state index in [2.05, 4.69) is 6.92 Å². The Labute approximate surface area is 129 Å². The van der Waals surface area contributed by atoms with Gasteiger partial charge in [-0.05, 0) is 37.0 Å². The van der Waals surface area contributed by atoms with Gasteiger partial charge in [-0.3, -0.25) is 9.59 Å². The van der Waals surface area contributed by atoms with Crippen molar-refractivity contribution >= 4 is 5.91 Å². The number of pyridine rings is 1. The summed E-state index contributed by atoms with van der Waals surface area (Å²) in [5.74, 6) is 1.59. The Balaban J connectivity index is 1.70. The van der Waals surface area contributed by atoms with Gasteiger partial charge in [0.2, 0.25) is 0 Å². The molecule has 0 bridgehead atoms. The molecule has 1 aliphatic rings. The standard InChI is InChI=1S/C17H20N2O3/c1-13-7-10-18(11-8-13)17(21)15-6-5-14(22-15)12-19-9-3-2-4-16(19)20/h2-6,9,13H,7-8,10-12H2,1H3. The van der Waals surface area contributed by atoms with E-state index in [9.17, 15) is 9.59 Å². The first-order valence-corrected chi connectivity index (χ1v) is 7.67. The lowest BCUT2D eigenvalue weighted by molar-refractivity contribution is 0.0663. The van der Waals surface area contributed by atoms with Gasteiger partial charge in [0, 0.05) is 25.4 Å². The van der Waals surface area contributed by atoms with Crippen molar-refractivity contribution in [3.63, 3.8) is 0 Å². The van der Waals surface area contributed by atoms with Crippen LogP contribution in [-0.4, -0.2) is 28.5 Å². The molecule has 1 fully saturated rings. The lowest BCUT2D eigenvalue weighted by atomic mass is 9.99. The Morgan fingerprint density at radius 1 is 1.23 bits per heavy atom. The third-order valence-corrected chi connectivity index (χ3v) is 4.17. The maximum absolute atomic E-state index is 12.4. The minimum atomic E-state index is -0.0863. The van der Waals surface area contributed by atoms with Gasteiger partial charge in [-0.1, -0.05) is 13.0 Å². The summed E-state index contributed by atoms with van der Waals surface area (Å²) in [5.41, 5.74) is -0.0863. The average Bonchev–Trinajstić information content (AvgIpc) is 2.98. The minimum absolute atomic E-state index is 0.0569. The molecular formula is C17H20N2O3. The lowest BCUT2D eigenvalue weighted by Gasteiger charge is -2.29. The van der Waals surface area contributed by atoms with Gasteiger partial charge in [-0.2, -0.15) is 0 Å². The fraction of sp³-hybridized carbons (Fsp3) is 0.412. The monoisotopic (exact) mass is 300 g/mol. The molecule has 0 aliphatic carbocycles. The Kier molecular flexibility index (Phi) is 4.13. The van der Waals surface area contributed by atoms with Crippen molar-refractivity contribution in [2.45, 2.75) is 26.3 Å². The van der Waals surface area contributed by atoms with Crippen LogP contribution in [0.3, 0.4) is 0 Å². The first-order chi connectivity index (χ1) is 10.6. The largest absolute Gasteiger partial charge is 0.454 e. The van der Waals surface area contributed by atoms with Crippen molar-refractivity contribution < 1.29 is 9.21 Å². The van der Waals surface area contributed by atoms with Crippen molar-refractivity contribution in [3.05, 3.63) is 58.4 Å². The number of likely N-dealkylation sites (tertiary alicyclic amines) is 1. The van der Waals surface area contributed by atoms with Crippen molar-refractivity contribution in [3.8, 4) is 0 Å². The van der Waals surface area contributed by atoms with Gasteiger partial charge in [0.05, 0.1) is 6.54 Å². The summed E-state index contributed by atoms with van der Waals surface area (Å²) < 4.78 is 7.18. The highest BCUT2D eigenvalue weighted by Crippen LogP contribution is 2.19. The average molecular weight is 300 g/mol. The highest BCUT2D eigenvalue weighted by molar-refractivity contribution is 5.91. The Morgan fingerprint density at radius 2 is 2.00 bits per heavy atom. The van der Waals surface area contributed by atoms with Gasteiger partial charge in [-0.15, -0.1) is 0 Å². The number of carbonyl (C=O) groups excluding carboxylic acids is 1. The molecule has 0 N–H and O–H groups in total. The number of carbonyl (C=O) groups is 1. The number of hydrogen-bond donors (Lipinski definition) is 0. The summed E-state index contributed by atoms with van der Waals surface area (Å²) >= 11 is 0. The van der Waals surface area contributed by atoms with E-state index in [1.165, 1.54) is 6.07 Å². The van der Waals surface area contributed by atoms with Crippen molar-refractivity contribution in [2.75, 3.05) is 13.1 Å². The summed E-state index contributed by atoms with van der Waals surface area (Å²) in [6.07, 6.45) is 3.79. The molecule has 0 saturated carbocycles. The summed E-state index contributed by atoms with van der Waals surface area (Å²) in [4.78, 5) is 25.9. The van der Waals surface area contributed by atoms with E-state index in [1.54, 1.807) is 35.0 Å². The Bertz CT molecular complexity index is 708. The van der Waals surface area contributed by atoms with E-state index in [4.69, 9.17) is 4.42 Å². The van der Waals surface area contributed by atoms with E-state index in [0.29, 0.717) is 24.0 Å². The van der Waals surface area contributed by atoms with Gasteiger partial charge in [0.15, 0.2) is 5.76 Å². The number of hydrogen-bond acceptors (Lipinski definition) is 3. The Morgan fingerprint density at radius 3 is 2.73 bits per heavy atom. The smallest absolute Gasteiger partial charge is 0.289 e. The van der Waals surface area contributed by atoms with Crippen LogP contribution in [0.5, 0.6) is 0 Å². The summed E-state index contributed by atoms with van der Waals surface area (Å²) in [7, 11) is 0. The molecule has 5 heteroatoms. The number of piperidine rings is 1. The molecule has 1 aliphatic heterocycles. The second-order valence-corrected chi connectivity index (χ2v) is 5.91. The zero-order valence-corrected chi connectivity index (χ0v) is 12.7. The number of amides is 1. The minimum Gasteiger partial charge on any atom is -0.454 e. The van der Waals surface area contributed by atoms with E-state index in [0.717, 1.165) is 25.9 Å². The summed E-state index contributed by atoms with van der Waals surface area (Å²) in [5, 5.41) is 0. The van der Waals surface area contributed by atoms with Crippen molar-refractivity contribution in [2.24, 2.45) is 5.92 Å². The van der Waals surface area contributed by atoms with Crippen LogP contribution in [0.25, 0.3) is 0 Å². The molecule has 3 rings (SSSR count). The second kappa shape index (κ2) is 6.22. The third-order valence-electron chi connectivity index (χ3n) is 4.17. The fourth-order valence-corrected chi connectivity index (χ4v) is 2.70. The second-order valence-electron chi connectivity index (χ2n) is 5.91. The fourth-order valence-electron chi connectivity index (χ4n) is 2.70. The van der Waals surface area contributed by atoms with Crippen LogP contribution < -0.4 is 5.56 Å². The van der Waals surface area contributed by atoms with Gasteiger partial charge < -0.3 is 13.9 Å². The molecule has 1 amide bonds. The SMILES string of the molecule is CC1CCN(C(=O)c2ccc(Cn3ccccc3=O)o2)CC1. The molecule has 0 unspecified atom stereocenters. The van der Waals surface area contributed by atoms with Crippen LogP contribution in [0.15, 0.2) is 45.7 Å². The van der Waals surface area contributed by atoms with Crippen LogP contribution in [-0.2, 0) is 6.54 Å². The molecule has 5 nitrogen and oxygen atoms in total. The zero-order valence-electron chi connectivity index (χ0n) is 12.7. The van der Waals surface area contributed by atoms with Gasteiger partial charge in [0.25, 0.3) is 11.5 Å². The first kappa shape index (κ1) is 14.6. The number of aromatic nitrogens is 1. The van der Waals surface area contributed by atoms with Crippen molar-refractivity contribution in [1.82, 2.24) is 9.47 Å². The highest BCUT2D eigenvalue weighted by Gasteiger charge is 2.23. The number of furan rings is 1. The quantitative estimate of drug-likeness (QED) is 0.874. The molecule has 116 valence electrons. The number of nitrogens with zero attached hydrogens (tertiary/aromatic N) is 2. The molecule has 22 heavy (non-hydrogen) atoms. The molecule has 0 spiro atoms. The molecule has 0 atom stereocenters.